The average Bonchev–Trinajstić information content (AvgIpc) is 1.88. The third-order valence-corrected chi connectivity index (χ3v) is 1.21. The topological polar surface area (TPSA) is 72.2 Å². The Balaban J connectivity index is 0.000000187. The molecule has 0 bridgehead atoms. The quantitative estimate of drug-likeness (QED) is 0.549. The molecule has 1 heterocycles. The van der Waals surface area contributed by atoms with E-state index >= 15 is 0 Å². The van der Waals surface area contributed by atoms with E-state index in [9.17, 15) is 8.42 Å². The molecule has 0 unspecified atom stereocenters. The molecular formula is C5H13ClN2O2S. The molecule has 1 fully saturated rings. The standard InChI is InChI=1S/C5H11N.ClH2NO2S/c1-2-4-6-5-3-1;1-5(2,3)4/h6H,1-5H2;(H2,2,3,4). The van der Waals surface area contributed by atoms with Crippen LogP contribution in [-0.4, -0.2) is 21.5 Å². The van der Waals surface area contributed by atoms with Gasteiger partial charge in [0.2, 0.25) is 0 Å². The number of rotatable bonds is 0. The van der Waals surface area contributed by atoms with Crippen LogP contribution >= 0.6 is 10.7 Å². The van der Waals surface area contributed by atoms with Gasteiger partial charge in [0.1, 0.15) is 0 Å². The molecule has 0 aromatic rings. The van der Waals surface area contributed by atoms with Crippen LogP contribution in [0.2, 0.25) is 0 Å². The van der Waals surface area contributed by atoms with Gasteiger partial charge in [0, 0.05) is 10.7 Å². The molecule has 0 aliphatic carbocycles. The van der Waals surface area contributed by atoms with Crippen molar-refractivity contribution in [2.45, 2.75) is 19.3 Å². The van der Waals surface area contributed by atoms with Crippen molar-refractivity contribution in [3.63, 3.8) is 0 Å². The van der Waals surface area contributed by atoms with Crippen LogP contribution in [0.1, 0.15) is 19.3 Å². The maximum absolute atomic E-state index is 9.18. The Kier molecular flexibility index (Phi) is 5.85. The minimum absolute atomic E-state index is 1.25. The zero-order valence-electron chi connectivity index (χ0n) is 6.22. The SMILES string of the molecule is C1CCNCC1.NS(=O)(=O)Cl. The monoisotopic (exact) mass is 200 g/mol. The summed E-state index contributed by atoms with van der Waals surface area (Å²) in [5.74, 6) is 0. The van der Waals surface area contributed by atoms with E-state index in [4.69, 9.17) is 0 Å². The van der Waals surface area contributed by atoms with Crippen LogP contribution in [-0.2, 0) is 9.24 Å². The first-order chi connectivity index (χ1) is 5.00. The Labute approximate surface area is 71.7 Å². The van der Waals surface area contributed by atoms with Crippen molar-refractivity contribution in [1.82, 2.24) is 5.32 Å². The summed E-state index contributed by atoms with van der Waals surface area (Å²) in [5.41, 5.74) is 0. The third-order valence-electron chi connectivity index (χ3n) is 1.21. The number of hydrogen-bond donors (Lipinski definition) is 2. The van der Waals surface area contributed by atoms with Crippen LogP contribution in [0, 0.1) is 0 Å². The van der Waals surface area contributed by atoms with Gasteiger partial charge >= 0.3 is 0 Å². The van der Waals surface area contributed by atoms with Crippen molar-refractivity contribution in [3.8, 4) is 0 Å². The highest BCUT2D eigenvalue weighted by Gasteiger charge is 1.93. The summed E-state index contributed by atoms with van der Waals surface area (Å²) >= 11 is 0. The molecule has 4 nitrogen and oxygen atoms in total. The molecule has 68 valence electrons. The molecule has 0 spiro atoms. The van der Waals surface area contributed by atoms with Gasteiger partial charge in [0.15, 0.2) is 0 Å². The summed E-state index contributed by atoms with van der Waals surface area (Å²) in [6, 6.07) is 0. The molecule has 6 heteroatoms. The minimum atomic E-state index is -3.69. The van der Waals surface area contributed by atoms with E-state index in [1.54, 1.807) is 0 Å². The molecule has 0 aromatic carbocycles. The molecular weight excluding hydrogens is 188 g/mol. The highest BCUT2D eigenvalue weighted by atomic mass is 35.7. The largest absolute Gasteiger partial charge is 0.317 e. The van der Waals surface area contributed by atoms with E-state index in [0.29, 0.717) is 0 Å². The van der Waals surface area contributed by atoms with Gasteiger partial charge in [-0.05, 0) is 25.9 Å². The Bertz CT molecular complexity index is 157. The zero-order chi connectivity index (χ0) is 8.74. The lowest BCUT2D eigenvalue weighted by Gasteiger charge is -2.08. The maximum Gasteiger partial charge on any atom is 0.294 e. The van der Waals surface area contributed by atoms with Gasteiger partial charge in [-0.3, -0.25) is 0 Å². The highest BCUT2D eigenvalue weighted by molar-refractivity contribution is 8.11. The number of halogens is 1. The minimum Gasteiger partial charge on any atom is -0.317 e. The smallest absolute Gasteiger partial charge is 0.294 e. The van der Waals surface area contributed by atoms with Crippen molar-refractivity contribution in [1.29, 1.82) is 0 Å². The molecule has 3 N–H and O–H groups in total. The molecule has 1 rings (SSSR count). The summed E-state index contributed by atoms with van der Waals surface area (Å²) in [4.78, 5) is 0. The van der Waals surface area contributed by atoms with Crippen molar-refractivity contribution in [3.05, 3.63) is 0 Å². The van der Waals surface area contributed by atoms with Gasteiger partial charge in [0.25, 0.3) is 9.24 Å². The molecule has 0 aromatic heterocycles. The van der Waals surface area contributed by atoms with E-state index in [1.165, 1.54) is 32.4 Å². The normalized spacial score (nSPS) is 18.4. The van der Waals surface area contributed by atoms with Gasteiger partial charge < -0.3 is 5.32 Å². The van der Waals surface area contributed by atoms with Gasteiger partial charge in [0.05, 0.1) is 0 Å². The van der Waals surface area contributed by atoms with E-state index in [0.717, 1.165) is 0 Å². The molecule has 1 aliphatic rings. The molecule has 11 heavy (non-hydrogen) atoms. The molecule has 1 aliphatic heterocycles. The lowest BCUT2D eigenvalue weighted by atomic mass is 10.2. The van der Waals surface area contributed by atoms with Crippen molar-refractivity contribution < 1.29 is 8.42 Å². The lowest BCUT2D eigenvalue weighted by Crippen LogP contribution is -2.21. The second-order valence-corrected chi connectivity index (χ2v) is 4.53. The third kappa shape index (κ3) is 17.8. The van der Waals surface area contributed by atoms with Crippen LogP contribution in [0.3, 0.4) is 0 Å². The number of hydrogen-bond acceptors (Lipinski definition) is 3. The predicted molar refractivity (Wildman–Crippen MR) is 45.7 cm³/mol. The Morgan fingerprint density at radius 3 is 1.64 bits per heavy atom. The van der Waals surface area contributed by atoms with Gasteiger partial charge in [-0.2, -0.15) is 8.42 Å². The first kappa shape index (κ1) is 11.2. The van der Waals surface area contributed by atoms with E-state index in [2.05, 4.69) is 21.1 Å². The molecule has 0 radical (unpaired) electrons. The summed E-state index contributed by atoms with van der Waals surface area (Å²) < 4.78 is 18.4. The maximum atomic E-state index is 9.18. The van der Waals surface area contributed by atoms with Crippen LogP contribution in [0.15, 0.2) is 0 Å². The number of nitrogens with one attached hydrogen (secondary N) is 1. The second-order valence-electron chi connectivity index (χ2n) is 2.29. The number of nitrogens with two attached hydrogens (primary N) is 1. The number of piperidine rings is 1. The van der Waals surface area contributed by atoms with Crippen LogP contribution in [0.5, 0.6) is 0 Å². The zero-order valence-corrected chi connectivity index (χ0v) is 7.79. The molecule has 0 atom stereocenters. The Hall–Kier alpha value is 0.160. The summed E-state index contributed by atoms with van der Waals surface area (Å²) in [6.45, 7) is 2.50. The molecule has 0 amide bonds. The van der Waals surface area contributed by atoms with E-state index < -0.39 is 9.24 Å². The van der Waals surface area contributed by atoms with Gasteiger partial charge in [-0.1, -0.05) is 6.42 Å². The second kappa shape index (κ2) is 5.77. The van der Waals surface area contributed by atoms with Crippen LogP contribution < -0.4 is 10.5 Å². The Morgan fingerprint density at radius 2 is 1.55 bits per heavy atom. The first-order valence-corrected chi connectivity index (χ1v) is 5.80. The molecule has 1 saturated heterocycles. The summed E-state index contributed by atoms with van der Waals surface area (Å²) in [7, 11) is 0.586. The van der Waals surface area contributed by atoms with E-state index in [-0.39, 0.29) is 0 Å². The van der Waals surface area contributed by atoms with E-state index in [1.807, 2.05) is 0 Å². The fourth-order valence-electron chi connectivity index (χ4n) is 0.802. The van der Waals surface area contributed by atoms with Gasteiger partial charge in [-0.15, -0.1) is 0 Å². The van der Waals surface area contributed by atoms with Crippen molar-refractivity contribution >= 4 is 19.9 Å². The predicted octanol–water partition coefficient (Wildman–Crippen LogP) is 0.189. The average molecular weight is 201 g/mol. The van der Waals surface area contributed by atoms with Crippen LogP contribution in [0.4, 0.5) is 0 Å². The first-order valence-electron chi connectivity index (χ1n) is 3.43. The van der Waals surface area contributed by atoms with Crippen molar-refractivity contribution in [2.75, 3.05) is 13.1 Å². The lowest BCUT2D eigenvalue weighted by molar-refractivity contribution is 0.520. The fourth-order valence-corrected chi connectivity index (χ4v) is 0.802. The fraction of sp³-hybridized carbons (Fsp3) is 1.00. The van der Waals surface area contributed by atoms with Gasteiger partial charge in [-0.25, -0.2) is 5.14 Å². The molecule has 0 saturated carbocycles. The Morgan fingerprint density at radius 1 is 1.18 bits per heavy atom. The highest BCUT2D eigenvalue weighted by Crippen LogP contribution is 1.96. The van der Waals surface area contributed by atoms with Crippen molar-refractivity contribution in [2.24, 2.45) is 5.14 Å². The van der Waals surface area contributed by atoms with Crippen LogP contribution in [0.25, 0.3) is 0 Å². The summed E-state index contributed by atoms with van der Waals surface area (Å²) in [6.07, 6.45) is 4.22. The summed E-state index contributed by atoms with van der Waals surface area (Å²) in [5, 5.41) is 7.38.